The molecule has 3 N–H and O–H groups in total. The van der Waals surface area contributed by atoms with Crippen molar-refractivity contribution in [3.05, 3.63) is 88.3 Å². The van der Waals surface area contributed by atoms with E-state index in [1.54, 1.807) is 32.6 Å². The fourth-order valence-electron chi connectivity index (χ4n) is 8.60. The number of piperazine rings is 1. The predicted octanol–water partition coefficient (Wildman–Crippen LogP) is 5.56. The first kappa shape index (κ1) is 40.7. The van der Waals surface area contributed by atoms with Gasteiger partial charge >= 0.3 is 0 Å². The Morgan fingerprint density at radius 2 is 1.71 bits per heavy atom. The van der Waals surface area contributed by atoms with Gasteiger partial charge in [0.2, 0.25) is 17.8 Å². The van der Waals surface area contributed by atoms with Crippen LogP contribution >= 0.6 is 18.7 Å². The molecule has 59 heavy (non-hydrogen) atoms. The Labute approximate surface area is 347 Å². The van der Waals surface area contributed by atoms with Crippen LogP contribution in [0.1, 0.15) is 47.2 Å². The molecule has 0 saturated carbocycles. The van der Waals surface area contributed by atoms with Crippen LogP contribution in [0.25, 0.3) is 0 Å². The molecule has 1 unspecified atom stereocenters. The number of amides is 3. The zero-order valence-corrected chi connectivity index (χ0v) is 35.0. The molecule has 5 heterocycles. The van der Waals surface area contributed by atoms with Gasteiger partial charge in [-0.25, -0.2) is 9.37 Å². The number of aromatic nitrogens is 2. The van der Waals surface area contributed by atoms with Gasteiger partial charge in [-0.3, -0.25) is 29.5 Å². The maximum atomic E-state index is 15.8. The lowest BCUT2D eigenvalue weighted by Gasteiger charge is -2.43. The molecule has 1 aromatic heterocycles. The van der Waals surface area contributed by atoms with E-state index < -0.39 is 19.1 Å². The lowest BCUT2D eigenvalue weighted by atomic mass is 10.00. The minimum absolute atomic E-state index is 0.0284. The monoisotopic (exact) mass is 843 g/mol. The lowest BCUT2D eigenvalue weighted by molar-refractivity contribution is -0.136. The molecule has 3 amide bonds. The van der Waals surface area contributed by atoms with Crippen molar-refractivity contribution >= 4 is 70.6 Å². The Hall–Kier alpha value is -5.08. The van der Waals surface area contributed by atoms with Gasteiger partial charge < -0.3 is 29.7 Å². The fraction of sp³-hybridized carbons (Fsp3) is 0.405. The number of hydrogen-bond donors (Lipinski definition) is 3. The third-order valence-corrected chi connectivity index (χ3v) is 13.6. The van der Waals surface area contributed by atoms with Crippen molar-refractivity contribution in [1.29, 1.82) is 0 Å². The number of imide groups is 1. The fourth-order valence-corrected chi connectivity index (χ4v) is 9.89. The third-order valence-electron chi connectivity index (χ3n) is 11.8. The van der Waals surface area contributed by atoms with Crippen LogP contribution < -0.4 is 30.9 Å². The summed E-state index contributed by atoms with van der Waals surface area (Å²) in [5.41, 5.74) is 3.60. The molecule has 310 valence electrons. The van der Waals surface area contributed by atoms with Crippen LogP contribution in [0, 0.1) is 5.82 Å². The largest absolute Gasteiger partial charge is 0.494 e. The number of fused-ring (bicyclic) bond motifs is 1. The summed E-state index contributed by atoms with van der Waals surface area (Å²) in [6.45, 7) is 9.20. The highest BCUT2D eigenvalue weighted by Crippen LogP contribution is 2.39. The number of piperidine rings is 2. The number of benzene rings is 3. The van der Waals surface area contributed by atoms with E-state index in [9.17, 15) is 18.9 Å². The Morgan fingerprint density at radius 1 is 0.949 bits per heavy atom. The van der Waals surface area contributed by atoms with E-state index in [1.165, 1.54) is 11.1 Å². The van der Waals surface area contributed by atoms with Crippen LogP contribution in [-0.4, -0.2) is 114 Å². The van der Waals surface area contributed by atoms with Crippen molar-refractivity contribution in [1.82, 2.24) is 30.0 Å². The molecule has 1 atom stereocenters. The van der Waals surface area contributed by atoms with E-state index in [2.05, 4.69) is 46.7 Å². The number of hydrogen-bond acceptors (Lipinski definition) is 12. The maximum absolute atomic E-state index is 15.8. The zero-order valence-electron chi connectivity index (χ0n) is 33.3. The van der Waals surface area contributed by atoms with E-state index in [4.69, 9.17) is 16.3 Å². The highest BCUT2D eigenvalue weighted by molar-refractivity contribution is 7.70. The van der Waals surface area contributed by atoms with E-state index in [0.717, 1.165) is 57.8 Å². The SMILES string of the molecule is COc1cc(N2CCN(C3CCN(Cc4ccc5c(c4F)CN(C4CCC(=O)NC4=O)C5=O)CC3)CC2)ccc1Nc1ncc(Cl)c(Nc2ccccc2P(C)(C)=O)n1. The van der Waals surface area contributed by atoms with Crippen molar-refractivity contribution in [3.63, 3.8) is 0 Å². The number of methoxy groups -OCH3 is 1. The quantitative estimate of drug-likeness (QED) is 0.128. The number of anilines is 5. The van der Waals surface area contributed by atoms with E-state index >= 15 is 4.39 Å². The number of nitrogens with one attached hydrogen (secondary N) is 3. The molecule has 8 rings (SSSR count). The molecular formula is C42H48ClFN9O5P. The summed E-state index contributed by atoms with van der Waals surface area (Å²) in [4.78, 5) is 54.7. The molecule has 17 heteroatoms. The van der Waals surface area contributed by atoms with Crippen LogP contribution in [0.3, 0.4) is 0 Å². The Balaban J connectivity index is 0.835. The van der Waals surface area contributed by atoms with Crippen LogP contribution in [-0.2, 0) is 27.2 Å². The second-order valence-corrected chi connectivity index (χ2v) is 19.5. The molecule has 4 aliphatic heterocycles. The maximum Gasteiger partial charge on any atom is 0.255 e. The Bertz CT molecular complexity index is 2330. The number of para-hydroxylation sites is 1. The molecule has 0 bridgehead atoms. The van der Waals surface area contributed by atoms with Crippen molar-refractivity contribution in [2.75, 3.05) is 75.2 Å². The molecule has 3 fully saturated rings. The first-order chi connectivity index (χ1) is 28.4. The van der Waals surface area contributed by atoms with Gasteiger partial charge in [0.15, 0.2) is 5.82 Å². The molecule has 0 radical (unpaired) electrons. The number of nitrogens with zero attached hydrogens (tertiary/aromatic N) is 6. The summed E-state index contributed by atoms with van der Waals surface area (Å²) >= 11 is 6.47. The number of rotatable bonds is 11. The number of halogens is 2. The highest BCUT2D eigenvalue weighted by Gasteiger charge is 2.41. The van der Waals surface area contributed by atoms with E-state index in [1.807, 2.05) is 36.4 Å². The minimum atomic E-state index is -2.56. The second-order valence-electron chi connectivity index (χ2n) is 15.9. The first-order valence-electron chi connectivity index (χ1n) is 19.9. The highest BCUT2D eigenvalue weighted by atomic mass is 35.5. The van der Waals surface area contributed by atoms with Gasteiger partial charge in [0.1, 0.15) is 29.8 Å². The average Bonchev–Trinajstić information content (AvgIpc) is 3.56. The summed E-state index contributed by atoms with van der Waals surface area (Å²) in [6.07, 6.45) is 3.88. The average molecular weight is 844 g/mol. The number of likely N-dealkylation sites (tertiary alicyclic amines) is 1. The second kappa shape index (κ2) is 16.9. The number of ether oxygens (including phenoxy) is 1. The molecule has 0 spiro atoms. The summed E-state index contributed by atoms with van der Waals surface area (Å²) in [6, 6.07) is 16.5. The topological polar surface area (TPSA) is 152 Å². The Morgan fingerprint density at radius 3 is 2.44 bits per heavy atom. The van der Waals surface area contributed by atoms with Crippen molar-refractivity contribution in [3.8, 4) is 5.75 Å². The smallest absolute Gasteiger partial charge is 0.255 e. The van der Waals surface area contributed by atoms with Gasteiger partial charge in [-0.15, -0.1) is 0 Å². The van der Waals surface area contributed by atoms with Gasteiger partial charge in [0.25, 0.3) is 5.91 Å². The van der Waals surface area contributed by atoms with Crippen molar-refractivity contribution < 1.29 is 28.1 Å². The standard InChI is InChI=1S/C42H48ClFN9O5P/c1-58-35-22-28(9-11-32(35)47-42-45-23-31(43)39(49-42)46-33-6-4-5-7-36(33)59(2,3)57)52-20-18-51(19-21-52)27-14-16-50(17-15-27)24-26-8-10-29-30(38(26)44)25-53(41(29)56)34-12-13-37(54)48-40(34)55/h4-11,22-23,27,34H,12-21,24-25H2,1-3H3,(H,48,54,55)(H2,45,46,47,49). The van der Waals surface area contributed by atoms with Crippen molar-refractivity contribution in [2.24, 2.45) is 0 Å². The summed E-state index contributed by atoms with van der Waals surface area (Å²) in [5.74, 6) is -0.249. The van der Waals surface area contributed by atoms with Crippen LogP contribution in [0.2, 0.25) is 5.02 Å². The van der Waals surface area contributed by atoms with Gasteiger partial charge in [-0.05, 0) is 76.0 Å². The van der Waals surface area contributed by atoms with Crippen LogP contribution in [0.15, 0.2) is 60.8 Å². The number of carbonyl (C=O) groups is 3. The molecule has 14 nitrogen and oxygen atoms in total. The van der Waals surface area contributed by atoms with Gasteiger partial charge in [0.05, 0.1) is 31.2 Å². The zero-order chi connectivity index (χ0) is 41.4. The molecule has 3 saturated heterocycles. The van der Waals surface area contributed by atoms with Gasteiger partial charge in [0, 0.05) is 78.9 Å². The van der Waals surface area contributed by atoms with E-state index in [-0.39, 0.29) is 37.0 Å². The predicted molar refractivity (Wildman–Crippen MR) is 227 cm³/mol. The lowest BCUT2D eigenvalue weighted by Crippen LogP contribution is -2.53. The Kier molecular flexibility index (Phi) is 11.6. The molecule has 3 aromatic carbocycles. The van der Waals surface area contributed by atoms with Crippen molar-refractivity contribution in [2.45, 2.75) is 50.9 Å². The summed E-state index contributed by atoms with van der Waals surface area (Å²) < 4.78 is 34.5. The molecule has 4 aliphatic rings. The molecular weight excluding hydrogens is 796 g/mol. The summed E-state index contributed by atoms with van der Waals surface area (Å²) in [7, 11) is -0.928. The normalized spacial score (nSPS) is 19.5. The third kappa shape index (κ3) is 8.65. The van der Waals surface area contributed by atoms with Gasteiger partial charge in [-0.2, -0.15) is 4.98 Å². The van der Waals surface area contributed by atoms with Crippen LogP contribution in [0.4, 0.5) is 33.2 Å². The summed E-state index contributed by atoms with van der Waals surface area (Å²) in [5, 5.41) is 9.83. The van der Waals surface area contributed by atoms with Crippen LogP contribution in [0.5, 0.6) is 5.75 Å². The van der Waals surface area contributed by atoms with Gasteiger partial charge in [-0.1, -0.05) is 29.8 Å². The molecule has 4 aromatic rings. The molecule has 0 aliphatic carbocycles. The first-order valence-corrected chi connectivity index (χ1v) is 22.9. The number of carbonyl (C=O) groups excluding carboxylic acids is 3. The van der Waals surface area contributed by atoms with E-state index in [0.29, 0.717) is 68.5 Å². The minimum Gasteiger partial charge on any atom is -0.494 e.